The number of carbonyl (C=O) groups is 4. The zero-order chi connectivity index (χ0) is 24.1. The van der Waals surface area contributed by atoms with Crippen LogP contribution < -0.4 is 0 Å². The molecule has 3 aliphatic heterocycles. The first-order chi connectivity index (χ1) is 15.5. The molecule has 176 valence electrons. The van der Waals surface area contributed by atoms with Crippen LogP contribution in [0.5, 0.6) is 0 Å². The Morgan fingerprint density at radius 3 is 2.52 bits per heavy atom. The van der Waals surface area contributed by atoms with Crippen molar-refractivity contribution in [1.29, 1.82) is 0 Å². The van der Waals surface area contributed by atoms with Crippen LogP contribution in [0.2, 0.25) is 0 Å². The monoisotopic (exact) mass is 458 g/mol. The number of hydrogen-bond donors (Lipinski definition) is 0. The molecule has 4 rings (SSSR count). The topological polar surface area (TPSA) is 122 Å². The van der Waals surface area contributed by atoms with Crippen LogP contribution >= 0.6 is 0 Å². The maximum absolute atomic E-state index is 12.8. The van der Waals surface area contributed by atoms with E-state index in [1.165, 1.54) is 19.9 Å². The van der Waals surface area contributed by atoms with Crippen LogP contribution in [-0.4, -0.2) is 48.1 Å². The molecule has 0 N–H and O–H groups in total. The highest BCUT2D eigenvalue weighted by Gasteiger charge is 2.59. The molecular weight excluding hydrogens is 432 g/mol. The van der Waals surface area contributed by atoms with Gasteiger partial charge in [0.05, 0.1) is 11.1 Å². The number of furan rings is 1. The van der Waals surface area contributed by atoms with Crippen molar-refractivity contribution in [3.63, 3.8) is 0 Å². The predicted octanol–water partition coefficient (Wildman–Crippen LogP) is 2.78. The fourth-order valence-electron chi connectivity index (χ4n) is 4.59. The minimum atomic E-state index is -0.988. The number of carbonyl (C=O) groups excluding carboxylic acids is 4. The number of esters is 3. The fourth-order valence-corrected chi connectivity index (χ4v) is 4.59. The number of aldehydes is 1. The van der Waals surface area contributed by atoms with Crippen LogP contribution in [0.25, 0.3) is 0 Å². The summed E-state index contributed by atoms with van der Waals surface area (Å²) in [5.74, 6) is -1.46. The highest BCUT2D eigenvalue weighted by atomic mass is 16.6. The van der Waals surface area contributed by atoms with Gasteiger partial charge in [0.2, 0.25) is 0 Å². The van der Waals surface area contributed by atoms with Gasteiger partial charge in [0, 0.05) is 32.6 Å². The molecule has 2 saturated heterocycles. The van der Waals surface area contributed by atoms with Crippen LogP contribution in [0.4, 0.5) is 0 Å². The Labute approximate surface area is 190 Å². The summed E-state index contributed by atoms with van der Waals surface area (Å²) in [7, 11) is 0. The summed E-state index contributed by atoms with van der Waals surface area (Å²) >= 11 is 0. The number of hydrogen-bond acceptors (Lipinski definition) is 9. The molecule has 4 heterocycles. The van der Waals surface area contributed by atoms with Crippen molar-refractivity contribution in [2.45, 2.75) is 70.6 Å². The van der Waals surface area contributed by atoms with E-state index in [0.717, 1.165) is 0 Å². The maximum atomic E-state index is 12.8. The van der Waals surface area contributed by atoms with E-state index in [0.29, 0.717) is 28.9 Å². The summed E-state index contributed by atoms with van der Waals surface area (Å²) in [6, 6.07) is 1.63. The molecule has 9 heteroatoms. The van der Waals surface area contributed by atoms with E-state index in [1.807, 2.05) is 6.92 Å². The predicted molar refractivity (Wildman–Crippen MR) is 112 cm³/mol. The van der Waals surface area contributed by atoms with Gasteiger partial charge in [0.15, 0.2) is 12.4 Å². The number of epoxide rings is 1. The standard InChI is InChI=1S/C24H26O9/c1-11(2)15-7-17-14(10-25)6-19(31-17)22-24(5,33-22)9-20-21(30-13(4)27)16(23(28)32-20)8-18(15)29-12(3)26/h6,8,10,15,18,20-22H,1,7,9H2,2-5H3. The SMILES string of the molecule is C=C(C)C1Cc2oc(cc2C=O)C2OC2(C)CC2OC(=O)C(=CC1OC(C)=O)C2OC(C)=O. The third-order valence-corrected chi connectivity index (χ3v) is 6.25. The highest BCUT2D eigenvalue weighted by molar-refractivity contribution is 5.93. The van der Waals surface area contributed by atoms with E-state index >= 15 is 0 Å². The summed E-state index contributed by atoms with van der Waals surface area (Å²) in [6.07, 6.45) is -0.610. The molecule has 1 aromatic heterocycles. The van der Waals surface area contributed by atoms with Crippen molar-refractivity contribution in [3.05, 3.63) is 47.0 Å². The summed E-state index contributed by atoms with van der Waals surface area (Å²) < 4.78 is 28.5. The molecule has 0 amide bonds. The molecule has 0 aromatic carbocycles. The average molecular weight is 458 g/mol. The van der Waals surface area contributed by atoms with Crippen LogP contribution in [-0.2, 0) is 39.8 Å². The van der Waals surface area contributed by atoms with E-state index in [-0.39, 0.29) is 18.4 Å². The van der Waals surface area contributed by atoms with Gasteiger partial charge in [0.25, 0.3) is 0 Å². The van der Waals surface area contributed by atoms with Crippen LogP contribution in [0.15, 0.2) is 34.3 Å². The molecular formula is C24H26O9. The first-order valence-electron chi connectivity index (χ1n) is 10.7. The fraction of sp³-hybridized carbons (Fsp3) is 0.500. The van der Waals surface area contributed by atoms with Crippen molar-refractivity contribution < 1.29 is 42.5 Å². The summed E-state index contributed by atoms with van der Waals surface area (Å²) in [6.45, 7) is 10.1. The summed E-state index contributed by atoms with van der Waals surface area (Å²) in [4.78, 5) is 48.3. The van der Waals surface area contributed by atoms with Crippen molar-refractivity contribution >= 4 is 24.2 Å². The van der Waals surface area contributed by atoms with E-state index in [9.17, 15) is 19.2 Å². The lowest BCUT2D eigenvalue weighted by Gasteiger charge is -2.25. The zero-order valence-corrected chi connectivity index (χ0v) is 18.9. The minimum Gasteiger partial charge on any atom is -0.462 e. The van der Waals surface area contributed by atoms with Crippen molar-refractivity contribution in [1.82, 2.24) is 0 Å². The van der Waals surface area contributed by atoms with Gasteiger partial charge in [-0.15, -0.1) is 0 Å². The Morgan fingerprint density at radius 1 is 1.21 bits per heavy atom. The quantitative estimate of drug-likeness (QED) is 0.220. The normalized spacial score (nSPS) is 32.7. The Kier molecular flexibility index (Phi) is 5.78. The largest absolute Gasteiger partial charge is 0.462 e. The highest BCUT2D eigenvalue weighted by Crippen LogP contribution is 2.54. The molecule has 6 unspecified atom stereocenters. The van der Waals surface area contributed by atoms with E-state index in [1.54, 1.807) is 13.0 Å². The lowest BCUT2D eigenvalue weighted by molar-refractivity contribution is -0.151. The van der Waals surface area contributed by atoms with E-state index in [4.69, 9.17) is 23.4 Å². The molecule has 33 heavy (non-hydrogen) atoms. The number of rotatable bonds is 4. The second-order valence-electron chi connectivity index (χ2n) is 8.99. The summed E-state index contributed by atoms with van der Waals surface area (Å²) in [5.41, 5.74) is 0.351. The molecule has 2 fully saturated rings. The molecule has 1 aromatic rings. The van der Waals surface area contributed by atoms with Gasteiger partial charge in [-0.05, 0) is 26.0 Å². The molecule has 6 atom stereocenters. The Bertz CT molecular complexity index is 1060. The minimum absolute atomic E-state index is 0.0858. The van der Waals surface area contributed by atoms with E-state index in [2.05, 4.69) is 6.58 Å². The van der Waals surface area contributed by atoms with Gasteiger partial charge in [-0.2, -0.15) is 0 Å². The molecule has 9 nitrogen and oxygen atoms in total. The van der Waals surface area contributed by atoms with Crippen LogP contribution in [0, 0.1) is 5.92 Å². The lowest BCUT2D eigenvalue weighted by Crippen LogP contribution is -2.33. The van der Waals surface area contributed by atoms with Gasteiger partial charge in [-0.3, -0.25) is 14.4 Å². The van der Waals surface area contributed by atoms with Crippen LogP contribution in [0.1, 0.15) is 62.1 Å². The molecule has 0 spiro atoms. The van der Waals surface area contributed by atoms with Crippen molar-refractivity contribution in [2.24, 2.45) is 5.92 Å². The first-order valence-corrected chi connectivity index (χ1v) is 10.7. The van der Waals surface area contributed by atoms with Crippen molar-refractivity contribution in [3.8, 4) is 0 Å². The van der Waals surface area contributed by atoms with Crippen molar-refractivity contribution in [2.75, 3.05) is 0 Å². The average Bonchev–Trinajstić information content (AvgIpc) is 3.07. The molecule has 0 aliphatic carbocycles. The summed E-state index contributed by atoms with van der Waals surface area (Å²) in [5, 5.41) is 0. The third kappa shape index (κ3) is 4.37. The maximum Gasteiger partial charge on any atom is 0.338 e. The third-order valence-electron chi connectivity index (χ3n) is 6.25. The van der Waals surface area contributed by atoms with Gasteiger partial charge in [0.1, 0.15) is 35.4 Å². The molecule has 4 bridgehead atoms. The first kappa shape index (κ1) is 23.0. The molecule has 0 saturated carbocycles. The lowest BCUT2D eigenvalue weighted by atomic mass is 9.87. The second-order valence-corrected chi connectivity index (χ2v) is 8.99. The smallest absolute Gasteiger partial charge is 0.338 e. The number of ether oxygens (including phenoxy) is 4. The van der Waals surface area contributed by atoms with Gasteiger partial charge < -0.3 is 23.4 Å². The second kappa shape index (κ2) is 8.30. The van der Waals surface area contributed by atoms with Gasteiger partial charge >= 0.3 is 17.9 Å². The Morgan fingerprint density at radius 2 is 1.91 bits per heavy atom. The van der Waals surface area contributed by atoms with E-state index < -0.39 is 53.8 Å². The molecule has 3 aliphatic rings. The van der Waals surface area contributed by atoms with Gasteiger partial charge in [-0.25, -0.2) is 4.79 Å². The zero-order valence-electron chi connectivity index (χ0n) is 18.9. The Balaban J connectivity index is 1.86. The Hall–Kier alpha value is -3.20. The number of fused-ring (bicyclic) bond motifs is 6. The van der Waals surface area contributed by atoms with Gasteiger partial charge in [-0.1, -0.05) is 12.2 Å². The van der Waals surface area contributed by atoms with Crippen LogP contribution in [0.3, 0.4) is 0 Å². The molecule has 0 radical (unpaired) electrons.